The quantitative estimate of drug-likeness (QED) is 0.671. The number of alkyl halides is 3. The minimum absolute atomic E-state index is 0.0227. The van der Waals surface area contributed by atoms with E-state index in [1.54, 1.807) is 61.5 Å². The molecule has 0 saturated heterocycles. The lowest BCUT2D eigenvalue weighted by molar-refractivity contribution is -0.566. The summed E-state index contributed by atoms with van der Waals surface area (Å²) in [5, 5.41) is 2.30. The Balaban J connectivity index is 1.84. The van der Waals surface area contributed by atoms with Crippen LogP contribution in [0, 0.1) is 6.92 Å². The van der Waals surface area contributed by atoms with Crippen LogP contribution in [-0.2, 0) is 11.3 Å². The van der Waals surface area contributed by atoms with E-state index in [2.05, 4.69) is 15.3 Å². The van der Waals surface area contributed by atoms with Crippen LogP contribution in [0.25, 0.3) is 0 Å². The molecule has 0 bridgehead atoms. The van der Waals surface area contributed by atoms with Gasteiger partial charge in [0.1, 0.15) is 11.6 Å². The van der Waals surface area contributed by atoms with Crippen LogP contribution in [0.2, 0.25) is 0 Å². The second kappa shape index (κ2) is 7.33. The van der Waals surface area contributed by atoms with Gasteiger partial charge in [0.15, 0.2) is 6.54 Å². The van der Waals surface area contributed by atoms with Gasteiger partial charge in [0, 0.05) is 5.69 Å². The predicted molar refractivity (Wildman–Crippen MR) is 102 cm³/mol. The lowest BCUT2D eigenvalue weighted by Crippen LogP contribution is -2.94. The van der Waals surface area contributed by atoms with E-state index in [1.807, 2.05) is 0 Å². The smallest absolute Gasteiger partial charge is 0.465 e. The lowest BCUT2D eigenvalue weighted by Gasteiger charge is -2.25. The summed E-state index contributed by atoms with van der Waals surface area (Å²) in [6.45, 7) is 1.49. The molecule has 2 aromatic heterocycles. The molecule has 1 aliphatic rings. The molecule has 1 atom stereocenters. The van der Waals surface area contributed by atoms with Gasteiger partial charge in [-0.3, -0.25) is 0 Å². The van der Waals surface area contributed by atoms with Gasteiger partial charge in [0.25, 0.3) is 5.84 Å². The predicted octanol–water partition coefficient (Wildman–Crippen LogP) is 2.22. The van der Waals surface area contributed by atoms with Crippen molar-refractivity contribution < 1.29 is 27.4 Å². The van der Waals surface area contributed by atoms with Crippen LogP contribution < -0.4 is 10.3 Å². The first-order valence-corrected chi connectivity index (χ1v) is 9.14. The molecule has 3 heterocycles. The first-order valence-electron chi connectivity index (χ1n) is 9.14. The number of furan rings is 1. The van der Waals surface area contributed by atoms with Gasteiger partial charge in [-0.2, -0.15) is 18.1 Å². The van der Waals surface area contributed by atoms with Crippen LogP contribution in [0.15, 0.2) is 71.3 Å². The van der Waals surface area contributed by atoms with Gasteiger partial charge in [-0.15, -0.1) is 0 Å². The number of carbonyl (C=O) groups excluding carboxylic acids is 1. The molecule has 154 valence electrons. The van der Waals surface area contributed by atoms with Gasteiger partial charge in [-0.05, 0) is 43.3 Å². The standard InChI is InChI=1S/C21H17F3N4O2/c1-14-7-5-11-17(25-14)26-20(21(22,23)24)19(29)28(13-16-10-6-12-30-16)18(27-20)15-8-3-2-4-9-15/h2-12H,13H2,1H3,(H,25,26)/p+1/t20-/m1/s1. The molecule has 1 amide bonds. The van der Waals surface area contributed by atoms with Crippen LogP contribution in [0.5, 0.6) is 0 Å². The largest absolute Gasteiger partial charge is 0.465 e. The molecule has 2 N–H and O–H groups in total. The number of aromatic nitrogens is 1. The van der Waals surface area contributed by atoms with Crippen LogP contribution in [-0.4, -0.2) is 33.5 Å². The number of benzene rings is 1. The molecule has 3 aromatic rings. The molecule has 0 saturated carbocycles. The molecule has 6 nitrogen and oxygen atoms in total. The third kappa shape index (κ3) is 3.42. The number of anilines is 1. The molecule has 0 spiro atoms. The fourth-order valence-corrected chi connectivity index (χ4v) is 3.29. The molecular formula is C21H18F3N4O2+. The number of hydrogen-bond acceptors (Lipinski definition) is 4. The first-order chi connectivity index (χ1) is 14.3. The van der Waals surface area contributed by atoms with Gasteiger partial charge in [-0.1, -0.05) is 24.3 Å². The number of amides is 1. The third-order valence-corrected chi connectivity index (χ3v) is 4.71. The number of rotatable bonds is 5. The van der Waals surface area contributed by atoms with Crippen molar-refractivity contribution in [2.75, 3.05) is 5.32 Å². The maximum atomic E-state index is 14.4. The Bertz CT molecular complexity index is 1080. The summed E-state index contributed by atoms with van der Waals surface area (Å²) in [6, 6.07) is 16.2. The van der Waals surface area contributed by atoms with Crippen molar-refractivity contribution in [1.29, 1.82) is 0 Å². The Morgan fingerprint density at radius 2 is 1.87 bits per heavy atom. The van der Waals surface area contributed by atoms with E-state index in [0.29, 0.717) is 17.0 Å². The minimum atomic E-state index is -4.96. The van der Waals surface area contributed by atoms with Crippen LogP contribution in [0.4, 0.5) is 19.0 Å². The highest BCUT2D eigenvalue weighted by molar-refractivity contribution is 6.11. The lowest BCUT2D eigenvalue weighted by atomic mass is 10.1. The summed E-state index contributed by atoms with van der Waals surface area (Å²) in [4.78, 5) is 20.8. The van der Waals surface area contributed by atoms with Crippen LogP contribution in [0.1, 0.15) is 17.0 Å². The summed E-state index contributed by atoms with van der Waals surface area (Å²) in [5.74, 6) is -0.895. The van der Waals surface area contributed by atoms with E-state index in [-0.39, 0.29) is 18.2 Å². The highest BCUT2D eigenvalue weighted by Crippen LogP contribution is 2.32. The first kappa shape index (κ1) is 19.7. The SMILES string of the molecule is Cc1cccc(N[C@@]2(C(F)(F)F)[NH+]=C(c3ccccc3)N(Cc3ccco3)C2=O)n1. The minimum Gasteiger partial charge on any atom is -0.465 e. The van der Waals surface area contributed by atoms with E-state index in [9.17, 15) is 18.0 Å². The monoisotopic (exact) mass is 415 g/mol. The number of aryl methyl sites for hydroxylation is 1. The van der Waals surface area contributed by atoms with Crippen molar-refractivity contribution in [3.8, 4) is 0 Å². The zero-order valence-corrected chi connectivity index (χ0v) is 15.9. The van der Waals surface area contributed by atoms with Crippen molar-refractivity contribution in [3.05, 3.63) is 83.9 Å². The summed E-state index contributed by atoms with van der Waals surface area (Å²) < 4.78 is 48.3. The summed E-state index contributed by atoms with van der Waals surface area (Å²) in [5.41, 5.74) is -2.13. The number of pyridine rings is 1. The van der Waals surface area contributed by atoms with Crippen molar-refractivity contribution >= 4 is 17.6 Å². The molecule has 1 aliphatic heterocycles. The van der Waals surface area contributed by atoms with Crippen molar-refractivity contribution in [2.24, 2.45) is 0 Å². The number of amidine groups is 1. The Labute approximate surface area is 170 Å². The van der Waals surface area contributed by atoms with Crippen LogP contribution in [0.3, 0.4) is 0 Å². The number of nitrogens with one attached hydrogen (secondary N) is 2. The summed E-state index contributed by atoms with van der Waals surface area (Å²) in [6.07, 6.45) is -3.56. The molecule has 30 heavy (non-hydrogen) atoms. The zero-order chi connectivity index (χ0) is 21.4. The summed E-state index contributed by atoms with van der Waals surface area (Å²) >= 11 is 0. The van der Waals surface area contributed by atoms with E-state index < -0.39 is 17.7 Å². The summed E-state index contributed by atoms with van der Waals surface area (Å²) in [7, 11) is 0. The second-order valence-corrected chi connectivity index (χ2v) is 6.85. The highest BCUT2D eigenvalue weighted by atomic mass is 19.4. The Morgan fingerprint density at radius 3 is 2.50 bits per heavy atom. The van der Waals surface area contributed by atoms with E-state index >= 15 is 0 Å². The normalized spacial score (nSPS) is 19.1. The molecule has 0 aliphatic carbocycles. The Kier molecular flexibility index (Phi) is 4.81. The molecule has 4 rings (SSSR count). The maximum Gasteiger partial charge on any atom is 0.465 e. The fourth-order valence-electron chi connectivity index (χ4n) is 3.29. The van der Waals surface area contributed by atoms with Crippen molar-refractivity contribution in [1.82, 2.24) is 9.88 Å². The Hall–Kier alpha value is -3.62. The average Bonchev–Trinajstić information content (AvgIpc) is 3.31. The molecule has 9 heteroatoms. The number of halogens is 3. The number of nitrogens with zero attached hydrogens (tertiary/aromatic N) is 2. The van der Waals surface area contributed by atoms with E-state index in [1.165, 1.54) is 12.3 Å². The molecular weight excluding hydrogens is 397 g/mol. The molecule has 0 radical (unpaired) electrons. The van der Waals surface area contributed by atoms with Gasteiger partial charge >= 0.3 is 17.7 Å². The van der Waals surface area contributed by atoms with E-state index in [4.69, 9.17) is 4.42 Å². The zero-order valence-electron chi connectivity index (χ0n) is 15.9. The fraction of sp³-hybridized carbons (Fsp3) is 0.190. The topological polar surface area (TPSA) is 72.3 Å². The van der Waals surface area contributed by atoms with E-state index in [0.717, 1.165) is 4.90 Å². The van der Waals surface area contributed by atoms with Gasteiger partial charge in [0.2, 0.25) is 0 Å². The molecule has 1 aromatic carbocycles. The maximum absolute atomic E-state index is 14.4. The highest BCUT2D eigenvalue weighted by Gasteiger charge is 2.72. The second-order valence-electron chi connectivity index (χ2n) is 6.85. The van der Waals surface area contributed by atoms with Gasteiger partial charge in [0.05, 0.1) is 11.8 Å². The molecule has 0 unspecified atom stereocenters. The number of hydrogen-bond donors (Lipinski definition) is 2. The van der Waals surface area contributed by atoms with Crippen molar-refractivity contribution in [2.45, 2.75) is 25.3 Å². The Morgan fingerprint density at radius 1 is 1.10 bits per heavy atom. The van der Waals surface area contributed by atoms with Crippen LogP contribution >= 0.6 is 0 Å². The van der Waals surface area contributed by atoms with Gasteiger partial charge < -0.3 is 9.73 Å². The average molecular weight is 415 g/mol. The molecule has 0 fully saturated rings. The van der Waals surface area contributed by atoms with Crippen molar-refractivity contribution in [3.63, 3.8) is 0 Å². The van der Waals surface area contributed by atoms with Gasteiger partial charge in [-0.25, -0.2) is 14.8 Å². The number of carbonyl (C=O) groups is 1. The third-order valence-electron chi connectivity index (χ3n) is 4.71.